The number of rotatable bonds is 18. The largest absolute Gasteiger partial charge is 0.396 e. The number of ether oxygens (including phenoxy) is 5. The van der Waals surface area contributed by atoms with E-state index in [1.54, 1.807) is 0 Å². The van der Waals surface area contributed by atoms with Crippen molar-refractivity contribution in [3.8, 4) is 0 Å². The average molecular weight is 689 g/mol. The maximum absolute atomic E-state index is 13.1. The van der Waals surface area contributed by atoms with Gasteiger partial charge >= 0.3 is 0 Å². The lowest BCUT2D eigenvalue weighted by molar-refractivity contribution is -0.318. The molecule has 4 unspecified atom stereocenters. The minimum atomic E-state index is -1.64. The van der Waals surface area contributed by atoms with Crippen LogP contribution in [0, 0.1) is 0 Å². The highest BCUT2D eigenvalue weighted by molar-refractivity contribution is 5.20. The molecule has 0 aliphatic heterocycles. The van der Waals surface area contributed by atoms with Gasteiger partial charge in [-0.2, -0.15) is 0 Å². The molecule has 1 aliphatic carbocycles. The van der Waals surface area contributed by atoms with E-state index in [0.29, 0.717) is 6.42 Å². The molecule has 266 valence electrons. The molecule has 51 heavy (non-hydrogen) atoms. The van der Waals surface area contributed by atoms with Crippen LogP contribution in [0.25, 0.3) is 0 Å². The van der Waals surface area contributed by atoms with Crippen molar-refractivity contribution in [1.82, 2.24) is 0 Å². The van der Waals surface area contributed by atoms with Crippen molar-refractivity contribution in [1.29, 1.82) is 0 Å². The average Bonchev–Trinajstić information content (AvgIpc) is 3.19. The summed E-state index contributed by atoms with van der Waals surface area (Å²) in [5.41, 5.74) is 3.21. The second kappa shape index (κ2) is 18.9. The Morgan fingerprint density at radius 1 is 0.392 bits per heavy atom. The van der Waals surface area contributed by atoms with Gasteiger partial charge in [0.05, 0.1) is 33.0 Å². The van der Waals surface area contributed by atoms with Crippen molar-refractivity contribution in [2.24, 2.45) is 0 Å². The minimum Gasteiger partial charge on any atom is -0.396 e. The third-order valence-electron chi connectivity index (χ3n) is 9.37. The zero-order valence-electron chi connectivity index (χ0n) is 28.9. The third-order valence-corrected chi connectivity index (χ3v) is 9.37. The van der Waals surface area contributed by atoms with E-state index in [4.69, 9.17) is 23.7 Å². The van der Waals surface area contributed by atoms with E-state index in [0.717, 1.165) is 27.8 Å². The van der Waals surface area contributed by atoms with E-state index >= 15 is 0 Å². The van der Waals surface area contributed by atoms with Crippen LogP contribution in [0.5, 0.6) is 0 Å². The first-order chi connectivity index (χ1) is 25.1. The van der Waals surface area contributed by atoms with E-state index in [1.807, 2.05) is 152 Å². The minimum absolute atomic E-state index is 0.113. The van der Waals surface area contributed by atoms with Gasteiger partial charge in [-0.05, 0) is 40.7 Å². The van der Waals surface area contributed by atoms with Gasteiger partial charge in [-0.15, -0.1) is 0 Å². The van der Waals surface area contributed by atoms with Crippen molar-refractivity contribution >= 4 is 0 Å². The molecule has 5 aromatic carbocycles. The van der Waals surface area contributed by atoms with Crippen LogP contribution in [-0.4, -0.2) is 52.9 Å². The van der Waals surface area contributed by atoms with Gasteiger partial charge in [0.25, 0.3) is 0 Å². The third kappa shape index (κ3) is 10.00. The van der Waals surface area contributed by atoms with Crippen molar-refractivity contribution in [3.63, 3.8) is 0 Å². The molecule has 0 amide bonds. The van der Waals surface area contributed by atoms with Crippen LogP contribution in [-0.2, 0) is 56.7 Å². The van der Waals surface area contributed by atoms with Gasteiger partial charge in [-0.3, -0.25) is 0 Å². The number of benzene rings is 5. The van der Waals surface area contributed by atoms with E-state index in [2.05, 4.69) is 0 Å². The number of aliphatic hydroxyl groups is 2. The molecule has 2 N–H and O–H groups in total. The SMILES string of the molecule is OCCCC1(O)C(OCc2ccccc2)C(OCc2ccccc2)C(OCc2ccccc2)C(OCc2ccccc2)C1OCc1ccccc1. The highest BCUT2D eigenvalue weighted by atomic mass is 16.6. The summed E-state index contributed by atoms with van der Waals surface area (Å²) in [5.74, 6) is 0. The van der Waals surface area contributed by atoms with Crippen LogP contribution in [0.1, 0.15) is 40.7 Å². The Bertz CT molecular complexity index is 1570. The van der Waals surface area contributed by atoms with E-state index in [9.17, 15) is 10.2 Å². The fourth-order valence-electron chi connectivity index (χ4n) is 6.76. The highest BCUT2D eigenvalue weighted by Gasteiger charge is 2.62. The first kappa shape index (κ1) is 36.6. The summed E-state index contributed by atoms with van der Waals surface area (Å²) in [6.45, 7) is 1.15. The van der Waals surface area contributed by atoms with Gasteiger partial charge in [0.2, 0.25) is 0 Å². The molecule has 0 radical (unpaired) electrons. The Morgan fingerprint density at radius 3 is 0.961 bits per heavy atom. The summed E-state index contributed by atoms with van der Waals surface area (Å²) in [7, 11) is 0. The summed E-state index contributed by atoms with van der Waals surface area (Å²) in [6.07, 6.45) is -3.59. The molecule has 5 aromatic rings. The quantitative estimate of drug-likeness (QED) is 0.0991. The Kier molecular flexibility index (Phi) is 13.6. The first-order valence-corrected chi connectivity index (χ1v) is 17.7. The molecule has 1 saturated carbocycles. The van der Waals surface area contributed by atoms with Gasteiger partial charge in [0.15, 0.2) is 0 Å². The predicted molar refractivity (Wildman–Crippen MR) is 196 cm³/mol. The molecule has 0 bridgehead atoms. The van der Waals surface area contributed by atoms with Crippen molar-refractivity contribution in [2.45, 2.75) is 82.0 Å². The molecule has 0 saturated heterocycles. The van der Waals surface area contributed by atoms with Crippen LogP contribution in [0.4, 0.5) is 0 Å². The summed E-state index contributed by atoms with van der Waals surface area (Å²) < 4.78 is 34.1. The smallest absolute Gasteiger partial charge is 0.122 e. The Morgan fingerprint density at radius 2 is 0.667 bits per heavy atom. The zero-order chi connectivity index (χ0) is 35.1. The van der Waals surface area contributed by atoms with Crippen LogP contribution in [0.2, 0.25) is 0 Å². The highest BCUT2D eigenvalue weighted by Crippen LogP contribution is 2.42. The molecule has 1 fully saturated rings. The molecule has 0 spiro atoms. The van der Waals surface area contributed by atoms with Gasteiger partial charge < -0.3 is 33.9 Å². The molecular weight excluding hydrogens is 640 g/mol. The molecule has 0 aromatic heterocycles. The Labute approximate surface area is 301 Å². The lowest BCUT2D eigenvalue weighted by Crippen LogP contribution is -2.73. The number of hydrogen-bond acceptors (Lipinski definition) is 7. The van der Waals surface area contributed by atoms with E-state index in [-0.39, 0.29) is 46.1 Å². The molecule has 7 heteroatoms. The van der Waals surface area contributed by atoms with Gasteiger partial charge in [0.1, 0.15) is 36.1 Å². The fraction of sp³-hybridized carbons (Fsp3) is 0.318. The van der Waals surface area contributed by atoms with E-state index in [1.165, 1.54) is 0 Å². The predicted octanol–water partition coefficient (Wildman–Crippen LogP) is 7.43. The Balaban J connectivity index is 1.43. The summed E-state index contributed by atoms with van der Waals surface area (Å²) in [6, 6.07) is 49.6. The van der Waals surface area contributed by atoms with Crippen molar-refractivity contribution in [2.75, 3.05) is 6.61 Å². The molecular formula is C44H48O7. The van der Waals surface area contributed by atoms with Crippen molar-refractivity contribution < 1.29 is 33.9 Å². The lowest BCUT2D eigenvalue weighted by atomic mass is 9.71. The van der Waals surface area contributed by atoms with Crippen LogP contribution < -0.4 is 0 Å². The molecule has 4 atom stereocenters. The first-order valence-electron chi connectivity index (χ1n) is 17.7. The zero-order valence-corrected chi connectivity index (χ0v) is 28.9. The van der Waals surface area contributed by atoms with E-state index < -0.39 is 36.1 Å². The maximum atomic E-state index is 13.1. The summed E-state index contributed by atoms with van der Waals surface area (Å²) >= 11 is 0. The molecule has 6 rings (SSSR count). The van der Waals surface area contributed by atoms with Crippen LogP contribution in [0.3, 0.4) is 0 Å². The normalized spacial score (nSPS) is 23.2. The van der Waals surface area contributed by atoms with Gasteiger partial charge in [-0.25, -0.2) is 0 Å². The molecule has 7 nitrogen and oxygen atoms in total. The topological polar surface area (TPSA) is 86.6 Å². The number of hydrogen-bond donors (Lipinski definition) is 2. The molecule has 0 heterocycles. The summed E-state index contributed by atoms with van der Waals surface area (Å²) in [4.78, 5) is 0. The van der Waals surface area contributed by atoms with Crippen LogP contribution >= 0.6 is 0 Å². The van der Waals surface area contributed by atoms with Gasteiger partial charge in [-0.1, -0.05) is 152 Å². The lowest BCUT2D eigenvalue weighted by Gasteiger charge is -2.54. The fourth-order valence-corrected chi connectivity index (χ4v) is 6.76. The van der Waals surface area contributed by atoms with Gasteiger partial charge in [0, 0.05) is 6.61 Å². The van der Waals surface area contributed by atoms with Crippen LogP contribution in [0.15, 0.2) is 152 Å². The maximum Gasteiger partial charge on any atom is 0.122 e. The Hall–Kier alpha value is -4.18. The monoisotopic (exact) mass is 688 g/mol. The second-order valence-corrected chi connectivity index (χ2v) is 13.0. The number of aliphatic hydroxyl groups excluding tert-OH is 1. The van der Waals surface area contributed by atoms with Crippen molar-refractivity contribution in [3.05, 3.63) is 179 Å². The standard InChI is InChI=1S/C44H48O7/c45-28-16-27-44(46)42(50-32-37-23-12-4-13-24-37)40(48-30-35-19-8-2-9-20-35)39(47-29-34-17-6-1-7-18-34)41(49-31-36-21-10-3-11-22-36)43(44)51-33-38-25-14-5-15-26-38/h1-15,17-26,39-43,45-46H,16,27-33H2. The molecule has 1 aliphatic rings. The second-order valence-electron chi connectivity index (χ2n) is 13.0. The summed E-state index contributed by atoms with van der Waals surface area (Å²) in [5, 5.41) is 23.3.